The minimum Gasteiger partial charge on any atom is -0.491 e. The first-order valence-corrected chi connectivity index (χ1v) is 8.01. The Kier molecular flexibility index (Phi) is 3.57. The molecule has 0 unspecified atom stereocenters. The maximum Gasteiger partial charge on any atom is 0.178 e. The van der Waals surface area contributed by atoms with Crippen molar-refractivity contribution in [3.05, 3.63) is 36.3 Å². The van der Waals surface area contributed by atoms with Gasteiger partial charge in [0.05, 0.1) is 18.7 Å². The standard InChI is InChI=1S/C17H19N5O2/c1-11(2)22-17(18-10-19-22)14-8-21-5-6-24-15-7-12(9-23)3-4-13(15)16(21)20-14/h3-4,7-8,10-11,23H,5-6,9H2,1-2H3. The number of benzene rings is 1. The molecule has 0 radical (unpaired) electrons. The number of hydrogen-bond acceptors (Lipinski definition) is 5. The summed E-state index contributed by atoms with van der Waals surface area (Å²) in [5, 5.41) is 13.6. The lowest BCUT2D eigenvalue weighted by Crippen LogP contribution is -2.06. The summed E-state index contributed by atoms with van der Waals surface area (Å²) in [4.78, 5) is 9.16. The number of rotatable bonds is 3. The van der Waals surface area contributed by atoms with E-state index in [1.165, 1.54) is 0 Å². The Hall–Kier alpha value is -2.67. The van der Waals surface area contributed by atoms with Crippen LogP contribution in [0.4, 0.5) is 0 Å². The highest BCUT2D eigenvalue weighted by atomic mass is 16.5. The lowest BCUT2D eigenvalue weighted by atomic mass is 10.1. The van der Waals surface area contributed by atoms with E-state index in [1.54, 1.807) is 6.33 Å². The van der Waals surface area contributed by atoms with Crippen molar-refractivity contribution < 1.29 is 9.84 Å². The Bertz CT molecular complexity index is 881. The smallest absolute Gasteiger partial charge is 0.178 e. The van der Waals surface area contributed by atoms with Gasteiger partial charge in [0.25, 0.3) is 0 Å². The van der Waals surface area contributed by atoms with Crippen LogP contribution >= 0.6 is 0 Å². The number of fused-ring (bicyclic) bond motifs is 3. The van der Waals surface area contributed by atoms with E-state index in [0.717, 1.165) is 34.2 Å². The van der Waals surface area contributed by atoms with Crippen molar-refractivity contribution in [2.45, 2.75) is 33.0 Å². The predicted molar refractivity (Wildman–Crippen MR) is 88.5 cm³/mol. The summed E-state index contributed by atoms with van der Waals surface area (Å²) in [5.74, 6) is 2.36. The predicted octanol–water partition coefficient (Wildman–Crippen LogP) is 2.27. The van der Waals surface area contributed by atoms with E-state index in [2.05, 4.69) is 28.5 Å². The molecule has 0 aliphatic carbocycles. The van der Waals surface area contributed by atoms with E-state index in [-0.39, 0.29) is 12.6 Å². The molecule has 3 heterocycles. The zero-order valence-electron chi connectivity index (χ0n) is 13.7. The van der Waals surface area contributed by atoms with Gasteiger partial charge >= 0.3 is 0 Å². The maximum absolute atomic E-state index is 9.32. The van der Waals surface area contributed by atoms with Gasteiger partial charge in [0.1, 0.15) is 30.2 Å². The third kappa shape index (κ3) is 2.37. The average molecular weight is 325 g/mol. The zero-order chi connectivity index (χ0) is 16.7. The quantitative estimate of drug-likeness (QED) is 0.799. The van der Waals surface area contributed by atoms with Crippen LogP contribution in [-0.4, -0.2) is 36.0 Å². The van der Waals surface area contributed by atoms with Gasteiger partial charge in [-0.05, 0) is 31.5 Å². The molecule has 7 heteroatoms. The lowest BCUT2D eigenvalue weighted by Gasteiger charge is -2.08. The van der Waals surface area contributed by atoms with Crippen LogP contribution in [0.25, 0.3) is 22.9 Å². The van der Waals surface area contributed by atoms with E-state index >= 15 is 0 Å². The molecule has 0 bridgehead atoms. The Morgan fingerprint density at radius 2 is 2.17 bits per heavy atom. The largest absolute Gasteiger partial charge is 0.491 e. The summed E-state index contributed by atoms with van der Waals surface area (Å²) >= 11 is 0. The van der Waals surface area contributed by atoms with Crippen molar-refractivity contribution in [3.63, 3.8) is 0 Å². The van der Waals surface area contributed by atoms with E-state index in [1.807, 2.05) is 29.1 Å². The highest BCUT2D eigenvalue weighted by molar-refractivity contribution is 5.68. The fourth-order valence-corrected chi connectivity index (χ4v) is 2.94. The average Bonchev–Trinajstić information content (AvgIpc) is 3.18. The van der Waals surface area contributed by atoms with Crippen LogP contribution in [0, 0.1) is 0 Å². The van der Waals surface area contributed by atoms with Gasteiger partial charge in [0.2, 0.25) is 0 Å². The van der Waals surface area contributed by atoms with Crippen LogP contribution in [0.1, 0.15) is 25.5 Å². The summed E-state index contributed by atoms with van der Waals surface area (Å²) in [6.45, 7) is 5.40. The number of nitrogens with zero attached hydrogens (tertiary/aromatic N) is 5. The van der Waals surface area contributed by atoms with E-state index < -0.39 is 0 Å². The van der Waals surface area contributed by atoms with E-state index in [9.17, 15) is 5.11 Å². The second-order valence-corrected chi connectivity index (χ2v) is 6.10. The first kappa shape index (κ1) is 14.9. The molecule has 3 aromatic rings. The van der Waals surface area contributed by atoms with Crippen molar-refractivity contribution in [2.24, 2.45) is 0 Å². The van der Waals surface area contributed by atoms with Gasteiger partial charge in [0.15, 0.2) is 5.82 Å². The highest BCUT2D eigenvalue weighted by Crippen LogP contribution is 2.34. The molecule has 0 fully saturated rings. The van der Waals surface area contributed by atoms with Gasteiger partial charge in [-0.2, -0.15) is 5.10 Å². The molecular weight excluding hydrogens is 306 g/mol. The minimum atomic E-state index is -0.00613. The molecule has 0 saturated carbocycles. The van der Waals surface area contributed by atoms with Crippen LogP contribution in [-0.2, 0) is 13.2 Å². The fraction of sp³-hybridized carbons (Fsp3) is 0.353. The van der Waals surface area contributed by atoms with E-state index in [4.69, 9.17) is 9.72 Å². The second-order valence-electron chi connectivity index (χ2n) is 6.10. The third-order valence-corrected chi connectivity index (χ3v) is 4.13. The SMILES string of the molecule is CC(C)n1ncnc1-c1cn2c(n1)-c1ccc(CO)cc1OCC2. The molecule has 1 aliphatic heterocycles. The summed E-state index contributed by atoms with van der Waals surface area (Å²) in [5.41, 5.74) is 2.55. The number of aromatic nitrogens is 5. The first-order valence-electron chi connectivity index (χ1n) is 8.01. The molecule has 1 aliphatic rings. The molecule has 4 rings (SSSR count). The fourth-order valence-electron chi connectivity index (χ4n) is 2.94. The highest BCUT2D eigenvalue weighted by Gasteiger charge is 2.21. The minimum absolute atomic E-state index is 0.00613. The zero-order valence-corrected chi connectivity index (χ0v) is 13.7. The number of imidazole rings is 1. The molecule has 0 saturated heterocycles. The molecular formula is C17H19N5O2. The summed E-state index contributed by atoms with van der Waals surface area (Å²) < 4.78 is 9.77. The van der Waals surface area contributed by atoms with Gasteiger partial charge in [-0.3, -0.25) is 0 Å². The lowest BCUT2D eigenvalue weighted by molar-refractivity contribution is 0.278. The summed E-state index contributed by atoms with van der Waals surface area (Å²) in [6, 6.07) is 5.92. The molecule has 7 nitrogen and oxygen atoms in total. The Morgan fingerprint density at radius 3 is 2.96 bits per heavy atom. The Balaban J connectivity index is 1.83. The van der Waals surface area contributed by atoms with Crippen molar-refractivity contribution in [3.8, 4) is 28.7 Å². The maximum atomic E-state index is 9.32. The number of hydrogen-bond donors (Lipinski definition) is 1. The summed E-state index contributed by atoms with van der Waals surface area (Å²) in [6.07, 6.45) is 3.56. The molecule has 0 atom stereocenters. The van der Waals surface area contributed by atoms with Crippen molar-refractivity contribution >= 4 is 0 Å². The van der Waals surface area contributed by atoms with Gasteiger partial charge in [-0.1, -0.05) is 6.07 Å². The van der Waals surface area contributed by atoms with E-state index in [0.29, 0.717) is 13.2 Å². The number of aliphatic hydroxyl groups excluding tert-OH is 1. The Labute approximate surface area is 139 Å². The third-order valence-electron chi connectivity index (χ3n) is 4.13. The second kappa shape index (κ2) is 5.76. The molecule has 0 amide bonds. The number of aliphatic hydroxyl groups is 1. The van der Waals surface area contributed by atoms with Crippen LogP contribution in [0.5, 0.6) is 5.75 Å². The molecule has 1 N–H and O–H groups in total. The summed E-state index contributed by atoms with van der Waals surface area (Å²) in [7, 11) is 0. The molecule has 24 heavy (non-hydrogen) atoms. The van der Waals surface area contributed by atoms with Crippen LogP contribution in [0.2, 0.25) is 0 Å². The van der Waals surface area contributed by atoms with Crippen LogP contribution in [0.3, 0.4) is 0 Å². The Morgan fingerprint density at radius 1 is 1.29 bits per heavy atom. The molecule has 0 spiro atoms. The van der Waals surface area contributed by atoms with Crippen molar-refractivity contribution in [1.82, 2.24) is 24.3 Å². The number of ether oxygens (including phenoxy) is 1. The topological polar surface area (TPSA) is 78.0 Å². The van der Waals surface area contributed by atoms with Gasteiger partial charge < -0.3 is 14.4 Å². The molecule has 1 aromatic carbocycles. The van der Waals surface area contributed by atoms with Gasteiger partial charge in [0, 0.05) is 12.2 Å². The normalized spacial score (nSPS) is 13.3. The van der Waals surface area contributed by atoms with Crippen LogP contribution < -0.4 is 4.74 Å². The first-order chi connectivity index (χ1) is 11.7. The van der Waals surface area contributed by atoms with Gasteiger partial charge in [-0.15, -0.1) is 0 Å². The van der Waals surface area contributed by atoms with Crippen molar-refractivity contribution in [1.29, 1.82) is 0 Å². The van der Waals surface area contributed by atoms with Crippen LogP contribution in [0.15, 0.2) is 30.7 Å². The van der Waals surface area contributed by atoms with Crippen molar-refractivity contribution in [2.75, 3.05) is 6.61 Å². The monoisotopic (exact) mass is 325 g/mol. The van der Waals surface area contributed by atoms with Gasteiger partial charge in [-0.25, -0.2) is 14.6 Å². The molecule has 2 aromatic heterocycles. The molecule has 124 valence electrons.